The number of nitrogens with zero attached hydrogens (tertiary/aromatic N) is 4. The van der Waals surface area contributed by atoms with Crippen molar-refractivity contribution in [3.05, 3.63) is 29.0 Å². The second-order valence-corrected chi connectivity index (χ2v) is 8.70. The highest BCUT2D eigenvalue weighted by molar-refractivity contribution is 9.10. The van der Waals surface area contributed by atoms with Crippen molar-refractivity contribution >= 4 is 44.5 Å². The van der Waals surface area contributed by atoms with Gasteiger partial charge in [0.05, 0.1) is 29.7 Å². The number of halogens is 1. The summed E-state index contributed by atoms with van der Waals surface area (Å²) < 4.78 is 8.27. The molecular weight excluding hydrogens is 448 g/mol. The Labute approximate surface area is 184 Å². The highest BCUT2D eigenvalue weighted by Crippen LogP contribution is 2.35. The third kappa shape index (κ3) is 4.22. The van der Waals surface area contributed by atoms with E-state index in [0.717, 1.165) is 47.2 Å². The number of benzene rings is 1. The van der Waals surface area contributed by atoms with E-state index in [1.165, 1.54) is 0 Å². The molecule has 1 saturated carbocycles. The monoisotopic (exact) mass is 474 g/mol. The molecule has 0 saturated heterocycles. The molecule has 0 amide bonds. The molecule has 3 N–H and O–H groups in total. The first kappa shape index (κ1) is 20.9. The predicted molar refractivity (Wildman–Crippen MR) is 122 cm³/mol. The van der Waals surface area contributed by atoms with Crippen LogP contribution in [0.3, 0.4) is 0 Å². The van der Waals surface area contributed by atoms with Crippen LogP contribution < -0.4 is 15.4 Å². The van der Waals surface area contributed by atoms with Crippen LogP contribution in [0.15, 0.2) is 29.0 Å². The topological polar surface area (TPSA) is 97.1 Å². The first-order chi connectivity index (χ1) is 14.5. The zero-order valence-corrected chi connectivity index (χ0v) is 19.0. The molecule has 0 radical (unpaired) electrons. The number of hydrogen-bond donors (Lipinski definition) is 3. The van der Waals surface area contributed by atoms with E-state index < -0.39 is 0 Å². The van der Waals surface area contributed by atoms with Crippen LogP contribution in [0, 0.1) is 0 Å². The lowest BCUT2D eigenvalue weighted by molar-refractivity contribution is 0.126. The quantitative estimate of drug-likeness (QED) is 0.478. The molecule has 30 heavy (non-hydrogen) atoms. The zero-order valence-electron chi connectivity index (χ0n) is 17.4. The van der Waals surface area contributed by atoms with E-state index >= 15 is 0 Å². The van der Waals surface area contributed by atoms with Gasteiger partial charge < -0.3 is 25.0 Å². The Kier molecular flexibility index (Phi) is 6.10. The van der Waals surface area contributed by atoms with Gasteiger partial charge >= 0.3 is 0 Å². The first-order valence-electron chi connectivity index (χ1n) is 10.2. The number of methoxy groups -OCH3 is 1. The third-order valence-corrected chi connectivity index (χ3v) is 6.26. The number of ether oxygens (including phenoxy) is 1. The molecular formula is C21H27BrN6O2. The second kappa shape index (κ2) is 8.77. The lowest BCUT2D eigenvalue weighted by Crippen LogP contribution is -2.29. The van der Waals surface area contributed by atoms with E-state index in [2.05, 4.69) is 45.4 Å². The molecule has 160 valence electrons. The van der Waals surface area contributed by atoms with Crippen molar-refractivity contribution in [2.75, 3.05) is 17.7 Å². The summed E-state index contributed by atoms with van der Waals surface area (Å²) in [6.45, 7) is 4.20. The number of fused-ring (bicyclic) bond motifs is 1. The molecule has 0 spiro atoms. The van der Waals surface area contributed by atoms with Gasteiger partial charge in [0, 0.05) is 12.1 Å². The van der Waals surface area contributed by atoms with E-state index in [0.29, 0.717) is 17.3 Å². The molecule has 8 nitrogen and oxygen atoms in total. The Balaban J connectivity index is 1.72. The molecule has 0 aliphatic heterocycles. The van der Waals surface area contributed by atoms with Gasteiger partial charge in [0.25, 0.3) is 0 Å². The Hall–Kier alpha value is -2.39. The number of nitrogens with one attached hydrogen (secondary N) is 2. The molecule has 2 heterocycles. The molecule has 1 aliphatic rings. The van der Waals surface area contributed by atoms with Gasteiger partial charge in [0.15, 0.2) is 17.0 Å². The highest BCUT2D eigenvalue weighted by atomic mass is 79.9. The Morgan fingerprint density at radius 1 is 1.20 bits per heavy atom. The largest absolute Gasteiger partial charge is 0.495 e. The summed E-state index contributed by atoms with van der Waals surface area (Å²) in [5, 5.41) is 16.6. The van der Waals surface area contributed by atoms with E-state index in [-0.39, 0.29) is 18.2 Å². The average Bonchev–Trinajstić information content (AvgIpc) is 3.16. The molecule has 0 bridgehead atoms. The van der Waals surface area contributed by atoms with E-state index in [1.54, 1.807) is 13.4 Å². The minimum atomic E-state index is -0.198. The van der Waals surface area contributed by atoms with Crippen molar-refractivity contribution in [2.45, 2.75) is 57.7 Å². The van der Waals surface area contributed by atoms with E-state index in [9.17, 15) is 5.11 Å². The number of aliphatic hydroxyl groups is 1. The van der Waals surface area contributed by atoms with Crippen LogP contribution in [0.1, 0.15) is 45.6 Å². The molecule has 0 unspecified atom stereocenters. The number of rotatable bonds is 6. The van der Waals surface area contributed by atoms with Gasteiger partial charge in [-0.15, -0.1) is 0 Å². The summed E-state index contributed by atoms with van der Waals surface area (Å²) in [6, 6.07) is 6.23. The number of imidazole rings is 1. The zero-order chi connectivity index (χ0) is 21.3. The normalized spacial score (nSPS) is 19.3. The van der Waals surface area contributed by atoms with Crippen LogP contribution in [-0.2, 0) is 0 Å². The van der Waals surface area contributed by atoms with Gasteiger partial charge in [-0.1, -0.05) is 6.07 Å². The summed E-state index contributed by atoms with van der Waals surface area (Å²) in [5.41, 5.74) is 2.32. The van der Waals surface area contributed by atoms with Crippen molar-refractivity contribution in [3.8, 4) is 5.75 Å². The van der Waals surface area contributed by atoms with Crippen LogP contribution in [0.2, 0.25) is 0 Å². The predicted octanol–water partition coefficient (Wildman–Crippen LogP) is 4.64. The molecule has 3 aromatic rings. The minimum Gasteiger partial charge on any atom is -0.495 e. The molecule has 4 rings (SSSR count). The average molecular weight is 475 g/mol. The van der Waals surface area contributed by atoms with Crippen molar-refractivity contribution in [3.63, 3.8) is 0 Å². The fourth-order valence-electron chi connectivity index (χ4n) is 3.74. The summed E-state index contributed by atoms with van der Waals surface area (Å²) in [4.78, 5) is 14.1. The van der Waals surface area contributed by atoms with Crippen LogP contribution in [0.25, 0.3) is 11.2 Å². The van der Waals surface area contributed by atoms with Gasteiger partial charge in [0.2, 0.25) is 5.95 Å². The second-order valence-electron chi connectivity index (χ2n) is 7.91. The summed E-state index contributed by atoms with van der Waals surface area (Å²) in [6.07, 6.45) is 5.00. The van der Waals surface area contributed by atoms with Gasteiger partial charge in [0.1, 0.15) is 5.75 Å². The minimum absolute atomic E-state index is 0.198. The number of anilines is 3. The summed E-state index contributed by atoms with van der Waals surface area (Å²) in [7, 11) is 1.64. The maximum Gasteiger partial charge on any atom is 0.227 e. The maximum absolute atomic E-state index is 9.79. The summed E-state index contributed by atoms with van der Waals surface area (Å²) >= 11 is 3.60. The molecule has 9 heteroatoms. The van der Waals surface area contributed by atoms with Crippen molar-refractivity contribution in [1.82, 2.24) is 19.5 Å². The summed E-state index contributed by atoms with van der Waals surface area (Å²) in [5.74, 6) is 1.93. The van der Waals surface area contributed by atoms with Gasteiger partial charge in [-0.25, -0.2) is 4.98 Å². The molecule has 1 fully saturated rings. The van der Waals surface area contributed by atoms with Crippen LogP contribution in [0.5, 0.6) is 5.75 Å². The molecule has 2 aromatic heterocycles. The van der Waals surface area contributed by atoms with E-state index in [1.807, 2.05) is 22.8 Å². The lowest BCUT2D eigenvalue weighted by atomic mass is 9.93. The Morgan fingerprint density at radius 3 is 2.67 bits per heavy atom. The smallest absolute Gasteiger partial charge is 0.227 e. The molecule has 0 atom stereocenters. The fraction of sp³-hybridized carbons (Fsp3) is 0.476. The van der Waals surface area contributed by atoms with Gasteiger partial charge in [-0.3, -0.25) is 0 Å². The standard InChI is InChI=1S/C21H27BrN6O2/c1-12(2)28-11-23-18-19(25-15-5-4-6-16(30-3)17(15)22)26-21(27-20(18)28)24-13-7-9-14(29)10-8-13/h4-6,11-14,29H,7-10H2,1-3H3,(H2,24,25,26,27). The maximum atomic E-state index is 9.79. The Bertz CT molecular complexity index is 1030. The van der Waals surface area contributed by atoms with Gasteiger partial charge in [-0.2, -0.15) is 9.97 Å². The Morgan fingerprint density at radius 2 is 1.97 bits per heavy atom. The molecule has 1 aliphatic carbocycles. The van der Waals surface area contributed by atoms with Crippen LogP contribution >= 0.6 is 15.9 Å². The SMILES string of the molecule is COc1cccc(Nc2nc(NC3CCC(O)CC3)nc3c2ncn3C(C)C)c1Br. The molecule has 1 aromatic carbocycles. The van der Waals surface area contributed by atoms with Gasteiger partial charge in [-0.05, 0) is 67.6 Å². The number of hydrogen-bond acceptors (Lipinski definition) is 7. The van der Waals surface area contributed by atoms with E-state index in [4.69, 9.17) is 14.7 Å². The third-order valence-electron chi connectivity index (χ3n) is 5.44. The fourth-order valence-corrected chi connectivity index (χ4v) is 4.27. The number of aliphatic hydroxyl groups excluding tert-OH is 1. The lowest BCUT2D eigenvalue weighted by Gasteiger charge is -2.26. The van der Waals surface area contributed by atoms with Crippen molar-refractivity contribution < 1.29 is 9.84 Å². The van der Waals surface area contributed by atoms with Crippen molar-refractivity contribution in [1.29, 1.82) is 0 Å². The van der Waals surface area contributed by atoms with Crippen molar-refractivity contribution in [2.24, 2.45) is 0 Å². The van der Waals surface area contributed by atoms with Crippen LogP contribution in [-0.4, -0.2) is 43.9 Å². The highest BCUT2D eigenvalue weighted by Gasteiger charge is 2.22. The van der Waals surface area contributed by atoms with Crippen LogP contribution in [0.4, 0.5) is 17.5 Å². The number of aromatic nitrogens is 4. The first-order valence-corrected chi connectivity index (χ1v) is 11.0.